The lowest BCUT2D eigenvalue weighted by molar-refractivity contribution is -0.120. The summed E-state index contributed by atoms with van der Waals surface area (Å²) in [5.74, 6) is -0.223. The Balaban J connectivity index is 1.54. The van der Waals surface area contributed by atoms with E-state index >= 15 is 0 Å². The van der Waals surface area contributed by atoms with Crippen molar-refractivity contribution in [1.82, 2.24) is 9.88 Å². The van der Waals surface area contributed by atoms with Crippen LogP contribution in [0.2, 0.25) is 0 Å². The van der Waals surface area contributed by atoms with E-state index in [1.165, 1.54) is 5.56 Å². The fourth-order valence-corrected chi connectivity index (χ4v) is 4.12. The summed E-state index contributed by atoms with van der Waals surface area (Å²) in [5.41, 5.74) is 3.14. The minimum atomic E-state index is -0.382. The fraction of sp³-hybridized carbons (Fsp3) is 0.304. The molecule has 0 spiro atoms. The molecular formula is C23H25N3O3. The molecule has 1 amide bonds. The monoisotopic (exact) mass is 391 g/mol. The largest absolute Gasteiger partial charge is 0.461 e. The minimum Gasteiger partial charge on any atom is -0.461 e. The Morgan fingerprint density at radius 3 is 2.72 bits per heavy atom. The SMILES string of the molecule is CCOC(=O)c1cc2cc(NC(=O)[C@@H]3[C@H](c4ccccc4)CCN3C)ccc2[nH]1. The number of anilines is 1. The lowest BCUT2D eigenvalue weighted by Gasteiger charge is -2.24. The Morgan fingerprint density at radius 2 is 1.97 bits per heavy atom. The highest BCUT2D eigenvalue weighted by Gasteiger charge is 2.38. The van der Waals surface area contributed by atoms with Crippen molar-refractivity contribution in [2.24, 2.45) is 0 Å². The molecule has 0 bridgehead atoms. The van der Waals surface area contributed by atoms with E-state index in [1.54, 1.807) is 13.0 Å². The Hall–Kier alpha value is -3.12. The van der Waals surface area contributed by atoms with E-state index < -0.39 is 0 Å². The number of amides is 1. The first kappa shape index (κ1) is 19.2. The topological polar surface area (TPSA) is 74.4 Å². The second-order valence-corrected chi connectivity index (χ2v) is 7.43. The van der Waals surface area contributed by atoms with Gasteiger partial charge < -0.3 is 15.0 Å². The number of H-pyrrole nitrogens is 1. The molecule has 2 N–H and O–H groups in total. The Kier molecular flexibility index (Phi) is 5.36. The quantitative estimate of drug-likeness (QED) is 0.649. The number of aromatic nitrogens is 1. The maximum absolute atomic E-state index is 13.1. The van der Waals surface area contributed by atoms with Crippen LogP contribution < -0.4 is 5.32 Å². The summed E-state index contributed by atoms with van der Waals surface area (Å²) in [6.07, 6.45) is 0.957. The molecule has 0 radical (unpaired) electrons. The highest BCUT2D eigenvalue weighted by Crippen LogP contribution is 2.33. The number of esters is 1. The summed E-state index contributed by atoms with van der Waals surface area (Å²) < 4.78 is 5.04. The van der Waals surface area contributed by atoms with Gasteiger partial charge in [-0.2, -0.15) is 0 Å². The highest BCUT2D eigenvalue weighted by molar-refractivity contribution is 5.99. The molecule has 2 heterocycles. The van der Waals surface area contributed by atoms with Gasteiger partial charge in [-0.3, -0.25) is 9.69 Å². The first-order valence-corrected chi connectivity index (χ1v) is 9.92. The first-order chi connectivity index (χ1) is 14.1. The van der Waals surface area contributed by atoms with Crippen molar-refractivity contribution >= 4 is 28.5 Å². The van der Waals surface area contributed by atoms with Crippen molar-refractivity contribution < 1.29 is 14.3 Å². The third-order valence-electron chi connectivity index (χ3n) is 5.53. The van der Waals surface area contributed by atoms with Crippen LogP contribution in [0.5, 0.6) is 0 Å². The number of hydrogen-bond donors (Lipinski definition) is 2. The van der Waals surface area contributed by atoms with E-state index in [9.17, 15) is 9.59 Å². The van der Waals surface area contributed by atoms with Gasteiger partial charge in [0.1, 0.15) is 5.69 Å². The first-order valence-electron chi connectivity index (χ1n) is 9.92. The molecule has 29 heavy (non-hydrogen) atoms. The number of likely N-dealkylation sites (N-methyl/N-ethyl adjacent to an activating group) is 1. The van der Waals surface area contributed by atoms with E-state index in [1.807, 2.05) is 43.4 Å². The van der Waals surface area contributed by atoms with Crippen LogP contribution >= 0.6 is 0 Å². The van der Waals surface area contributed by atoms with Gasteiger partial charge in [0.25, 0.3) is 0 Å². The van der Waals surface area contributed by atoms with Crippen molar-refractivity contribution in [3.05, 3.63) is 65.9 Å². The maximum atomic E-state index is 13.1. The molecule has 6 heteroatoms. The number of fused-ring (bicyclic) bond motifs is 1. The fourth-order valence-electron chi connectivity index (χ4n) is 4.12. The van der Waals surface area contributed by atoms with Crippen molar-refractivity contribution in [3.8, 4) is 0 Å². The summed E-state index contributed by atoms with van der Waals surface area (Å²) in [4.78, 5) is 30.2. The number of rotatable bonds is 5. The number of carbonyl (C=O) groups is 2. The van der Waals surface area contributed by atoms with Gasteiger partial charge in [-0.05, 0) is 56.8 Å². The molecule has 1 aromatic heterocycles. The molecule has 1 aliphatic heterocycles. The molecule has 2 atom stereocenters. The lowest BCUT2D eigenvalue weighted by atomic mass is 9.91. The lowest BCUT2D eigenvalue weighted by Crippen LogP contribution is -2.40. The van der Waals surface area contributed by atoms with Gasteiger partial charge in [0, 0.05) is 22.5 Å². The normalized spacial score (nSPS) is 19.4. The number of aromatic amines is 1. The van der Waals surface area contributed by atoms with Crippen molar-refractivity contribution in [3.63, 3.8) is 0 Å². The number of benzene rings is 2. The van der Waals surface area contributed by atoms with Crippen LogP contribution in [0.15, 0.2) is 54.6 Å². The van der Waals surface area contributed by atoms with Gasteiger partial charge in [-0.25, -0.2) is 4.79 Å². The molecule has 1 aliphatic rings. The van der Waals surface area contributed by atoms with Crippen molar-refractivity contribution in [1.29, 1.82) is 0 Å². The molecule has 1 fully saturated rings. The number of nitrogens with zero attached hydrogens (tertiary/aromatic N) is 1. The minimum absolute atomic E-state index is 0.0145. The summed E-state index contributed by atoms with van der Waals surface area (Å²) in [7, 11) is 1.99. The molecule has 1 saturated heterocycles. The second kappa shape index (κ2) is 8.09. The van der Waals surface area contributed by atoms with Crippen LogP contribution in [0.4, 0.5) is 5.69 Å². The standard InChI is InChI=1S/C23H25N3O3/c1-3-29-23(28)20-14-16-13-17(9-10-19(16)25-20)24-22(27)21-18(11-12-26(21)2)15-7-5-4-6-8-15/h4-10,13-14,18,21,25H,3,11-12H2,1-2H3,(H,24,27)/t18-,21-/m0/s1. The van der Waals surface area contributed by atoms with Crippen LogP contribution in [-0.4, -0.2) is 48.0 Å². The van der Waals surface area contributed by atoms with Gasteiger partial charge in [-0.15, -0.1) is 0 Å². The van der Waals surface area contributed by atoms with E-state index in [-0.39, 0.29) is 23.8 Å². The molecule has 0 aliphatic carbocycles. The van der Waals surface area contributed by atoms with Gasteiger partial charge in [0.2, 0.25) is 5.91 Å². The second-order valence-electron chi connectivity index (χ2n) is 7.43. The zero-order valence-electron chi connectivity index (χ0n) is 16.6. The van der Waals surface area contributed by atoms with Crippen LogP contribution in [0.25, 0.3) is 10.9 Å². The summed E-state index contributed by atoms with van der Waals surface area (Å²) >= 11 is 0. The van der Waals surface area contributed by atoms with Crippen molar-refractivity contribution in [2.75, 3.05) is 25.5 Å². The highest BCUT2D eigenvalue weighted by atomic mass is 16.5. The number of likely N-dealkylation sites (tertiary alicyclic amines) is 1. The number of carbonyl (C=O) groups excluding carboxylic acids is 2. The van der Waals surface area contributed by atoms with Crippen LogP contribution in [0.1, 0.15) is 35.3 Å². The average Bonchev–Trinajstić information content (AvgIpc) is 3.32. The predicted molar refractivity (Wildman–Crippen MR) is 113 cm³/mol. The Bertz CT molecular complexity index is 1030. The molecule has 2 aromatic carbocycles. The predicted octanol–water partition coefficient (Wildman–Crippen LogP) is 3.77. The van der Waals surface area contributed by atoms with E-state index in [0.717, 1.165) is 23.9 Å². The average molecular weight is 391 g/mol. The molecule has 0 unspecified atom stereocenters. The molecule has 6 nitrogen and oxygen atoms in total. The van der Waals surface area contributed by atoms with E-state index in [0.29, 0.717) is 18.0 Å². The molecule has 150 valence electrons. The van der Waals surface area contributed by atoms with Gasteiger partial charge in [0.05, 0.1) is 12.6 Å². The number of hydrogen-bond acceptors (Lipinski definition) is 4. The van der Waals surface area contributed by atoms with E-state index in [2.05, 4.69) is 27.3 Å². The zero-order valence-corrected chi connectivity index (χ0v) is 16.6. The summed E-state index contributed by atoms with van der Waals surface area (Å²) in [5, 5.41) is 3.91. The molecule has 4 rings (SSSR count). The van der Waals surface area contributed by atoms with Crippen LogP contribution in [0, 0.1) is 0 Å². The zero-order chi connectivity index (χ0) is 20.4. The summed E-state index contributed by atoms with van der Waals surface area (Å²) in [6.45, 7) is 2.99. The van der Waals surface area contributed by atoms with Gasteiger partial charge in [-0.1, -0.05) is 30.3 Å². The Morgan fingerprint density at radius 1 is 1.17 bits per heavy atom. The molecule has 3 aromatic rings. The smallest absolute Gasteiger partial charge is 0.354 e. The van der Waals surface area contributed by atoms with Crippen LogP contribution in [-0.2, 0) is 9.53 Å². The number of nitrogens with one attached hydrogen (secondary N) is 2. The molecule has 0 saturated carbocycles. The van der Waals surface area contributed by atoms with Crippen molar-refractivity contribution in [2.45, 2.75) is 25.3 Å². The number of ether oxygens (including phenoxy) is 1. The Labute approximate surface area is 169 Å². The maximum Gasteiger partial charge on any atom is 0.354 e. The third-order valence-corrected chi connectivity index (χ3v) is 5.53. The van der Waals surface area contributed by atoms with E-state index in [4.69, 9.17) is 4.74 Å². The van der Waals surface area contributed by atoms with Gasteiger partial charge >= 0.3 is 5.97 Å². The van der Waals surface area contributed by atoms with Gasteiger partial charge in [0.15, 0.2) is 0 Å². The van der Waals surface area contributed by atoms with Crippen LogP contribution in [0.3, 0.4) is 0 Å². The summed E-state index contributed by atoms with van der Waals surface area (Å²) in [6, 6.07) is 17.3. The third kappa shape index (κ3) is 3.89. The molecular weight excluding hydrogens is 366 g/mol.